The highest BCUT2D eigenvalue weighted by Crippen LogP contribution is 2.27. The van der Waals surface area contributed by atoms with Crippen molar-refractivity contribution in [1.29, 1.82) is 0 Å². The summed E-state index contributed by atoms with van der Waals surface area (Å²) < 4.78 is 39.8. The van der Waals surface area contributed by atoms with Gasteiger partial charge in [0.1, 0.15) is 11.6 Å². The van der Waals surface area contributed by atoms with Gasteiger partial charge in [-0.05, 0) is 45.8 Å². The van der Waals surface area contributed by atoms with Crippen molar-refractivity contribution in [3.63, 3.8) is 0 Å². The number of fused-ring (bicyclic) bond motifs is 1. The normalized spacial score (nSPS) is 11.7. The van der Waals surface area contributed by atoms with Crippen LogP contribution in [-0.2, 0) is 16.4 Å². The number of hydrogen-bond acceptors (Lipinski definition) is 5. The van der Waals surface area contributed by atoms with E-state index in [2.05, 4.69) is 31.3 Å². The first kappa shape index (κ1) is 19.5. The highest BCUT2D eigenvalue weighted by atomic mass is 79.9. The second-order valence-electron chi connectivity index (χ2n) is 6.50. The highest BCUT2D eigenvalue weighted by Gasteiger charge is 2.14. The zero-order valence-electron chi connectivity index (χ0n) is 15.3. The fraction of sp³-hybridized carbons (Fsp3) is 0.100. The number of benzene rings is 2. The van der Waals surface area contributed by atoms with Crippen LogP contribution in [0.2, 0.25) is 0 Å². The second kappa shape index (κ2) is 7.57. The van der Waals surface area contributed by atoms with Crippen LogP contribution in [0.3, 0.4) is 0 Å². The van der Waals surface area contributed by atoms with E-state index in [4.69, 9.17) is 0 Å². The van der Waals surface area contributed by atoms with Crippen molar-refractivity contribution in [2.45, 2.75) is 11.4 Å². The Morgan fingerprint density at radius 3 is 2.55 bits per heavy atom. The first-order valence-corrected chi connectivity index (χ1v) is 11.3. The van der Waals surface area contributed by atoms with Gasteiger partial charge in [0.05, 0.1) is 21.3 Å². The maximum Gasteiger partial charge on any atom is 0.175 e. The molecule has 0 atom stereocenters. The zero-order valence-corrected chi connectivity index (χ0v) is 17.7. The minimum Gasteiger partial charge on any atom is -0.366 e. The molecule has 2 aromatic carbocycles. The Hall–Kier alpha value is -2.78. The van der Waals surface area contributed by atoms with E-state index in [1.807, 2.05) is 0 Å². The Labute approximate surface area is 175 Å². The third-order valence-electron chi connectivity index (χ3n) is 4.40. The van der Waals surface area contributed by atoms with Crippen molar-refractivity contribution >= 4 is 37.2 Å². The molecule has 2 aromatic heterocycles. The zero-order chi connectivity index (χ0) is 20.6. The van der Waals surface area contributed by atoms with Gasteiger partial charge in [0.15, 0.2) is 15.5 Å². The van der Waals surface area contributed by atoms with Crippen LogP contribution in [0, 0.1) is 5.82 Å². The molecule has 9 heteroatoms. The molecule has 0 aliphatic carbocycles. The Bertz CT molecular complexity index is 1300. The molecule has 6 nitrogen and oxygen atoms in total. The Kier molecular flexibility index (Phi) is 5.10. The Morgan fingerprint density at radius 1 is 1.14 bits per heavy atom. The number of sulfone groups is 1. The highest BCUT2D eigenvalue weighted by molar-refractivity contribution is 9.10. The number of nitrogens with zero attached hydrogens (tertiary/aromatic N) is 3. The predicted molar refractivity (Wildman–Crippen MR) is 113 cm³/mol. The quantitative estimate of drug-likeness (QED) is 0.466. The smallest absolute Gasteiger partial charge is 0.175 e. The molecule has 0 fully saturated rings. The van der Waals surface area contributed by atoms with E-state index in [1.54, 1.807) is 59.2 Å². The largest absolute Gasteiger partial charge is 0.366 e. The predicted octanol–water partition coefficient (Wildman–Crippen LogP) is 4.31. The first-order valence-electron chi connectivity index (χ1n) is 8.65. The lowest BCUT2D eigenvalue weighted by molar-refractivity contribution is 0.602. The molecule has 29 heavy (non-hydrogen) atoms. The van der Waals surface area contributed by atoms with E-state index in [-0.39, 0.29) is 10.7 Å². The summed E-state index contributed by atoms with van der Waals surface area (Å²) in [7, 11) is -3.24. The average Bonchev–Trinajstić information content (AvgIpc) is 3.07. The van der Waals surface area contributed by atoms with Crippen LogP contribution < -0.4 is 5.32 Å². The molecule has 0 saturated heterocycles. The molecule has 0 saturated carbocycles. The van der Waals surface area contributed by atoms with Gasteiger partial charge < -0.3 is 5.32 Å². The minimum atomic E-state index is -3.24. The van der Waals surface area contributed by atoms with Crippen LogP contribution in [-0.4, -0.2) is 29.3 Å². The van der Waals surface area contributed by atoms with Crippen LogP contribution in [0.25, 0.3) is 16.9 Å². The molecule has 4 rings (SSSR count). The first-order chi connectivity index (χ1) is 13.8. The summed E-state index contributed by atoms with van der Waals surface area (Å²) in [5.41, 5.74) is 2.32. The van der Waals surface area contributed by atoms with E-state index >= 15 is 0 Å². The SMILES string of the molecule is CS(=O)(=O)c1ccc(CNc2cc(-c3ccccc3F)nc3c(Br)cnn23)cc1. The van der Waals surface area contributed by atoms with E-state index < -0.39 is 9.84 Å². The van der Waals surface area contributed by atoms with Gasteiger partial charge in [-0.15, -0.1) is 0 Å². The summed E-state index contributed by atoms with van der Waals surface area (Å²) >= 11 is 3.42. The summed E-state index contributed by atoms with van der Waals surface area (Å²) in [4.78, 5) is 4.80. The summed E-state index contributed by atoms with van der Waals surface area (Å²) in [5.74, 6) is 0.272. The molecule has 148 valence electrons. The summed E-state index contributed by atoms with van der Waals surface area (Å²) in [5, 5.41) is 7.58. The molecular formula is C20H16BrFN4O2S. The second-order valence-corrected chi connectivity index (χ2v) is 9.37. The van der Waals surface area contributed by atoms with Crippen molar-refractivity contribution in [2.24, 2.45) is 0 Å². The van der Waals surface area contributed by atoms with Crippen molar-refractivity contribution in [3.05, 3.63) is 76.6 Å². The Morgan fingerprint density at radius 2 is 1.86 bits per heavy atom. The number of rotatable bonds is 5. The molecule has 2 heterocycles. The van der Waals surface area contributed by atoms with Gasteiger partial charge >= 0.3 is 0 Å². The van der Waals surface area contributed by atoms with E-state index in [9.17, 15) is 12.8 Å². The van der Waals surface area contributed by atoms with Gasteiger partial charge in [0.2, 0.25) is 0 Å². The van der Waals surface area contributed by atoms with Gasteiger partial charge in [-0.3, -0.25) is 0 Å². The molecule has 0 aliphatic rings. The van der Waals surface area contributed by atoms with Gasteiger partial charge in [0, 0.05) is 24.4 Å². The van der Waals surface area contributed by atoms with Crippen LogP contribution in [0.1, 0.15) is 5.56 Å². The maximum absolute atomic E-state index is 14.3. The standard InChI is InChI=1S/C20H16BrFN4O2S/c1-29(27,28)14-8-6-13(7-9-14)11-23-19-10-18(15-4-2-3-5-17(15)22)25-20-16(21)12-24-26(19)20/h2-10,12,23H,11H2,1H3. The van der Waals surface area contributed by atoms with Gasteiger partial charge in [-0.2, -0.15) is 9.61 Å². The van der Waals surface area contributed by atoms with Crippen LogP contribution in [0.5, 0.6) is 0 Å². The summed E-state index contributed by atoms with van der Waals surface area (Å²) in [6.07, 6.45) is 2.80. The van der Waals surface area contributed by atoms with Crippen LogP contribution in [0.4, 0.5) is 10.2 Å². The molecule has 1 N–H and O–H groups in total. The van der Waals surface area contributed by atoms with Crippen molar-refractivity contribution < 1.29 is 12.8 Å². The van der Waals surface area contributed by atoms with Crippen LogP contribution >= 0.6 is 15.9 Å². The number of hydrogen-bond donors (Lipinski definition) is 1. The minimum absolute atomic E-state index is 0.269. The Balaban J connectivity index is 1.69. The fourth-order valence-electron chi connectivity index (χ4n) is 2.92. The van der Waals surface area contributed by atoms with Gasteiger partial charge in [-0.25, -0.2) is 17.8 Å². The van der Waals surface area contributed by atoms with E-state index in [0.717, 1.165) is 5.56 Å². The van der Waals surface area contributed by atoms with E-state index in [0.29, 0.717) is 33.7 Å². The lowest BCUT2D eigenvalue weighted by Crippen LogP contribution is -2.07. The molecule has 0 spiro atoms. The number of anilines is 1. The maximum atomic E-state index is 14.3. The molecule has 0 unspecified atom stereocenters. The molecule has 0 bridgehead atoms. The average molecular weight is 475 g/mol. The lowest BCUT2D eigenvalue weighted by atomic mass is 10.1. The number of halogens is 2. The summed E-state index contributed by atoms with van der Waals surface area (Å²) in [6, 6.07) is 14.8. The number of aromatic nitrogens is 3. The summed E-state index contributed by atoms with van der Waals surface area (Å²) in [6.45, 7) is 0.428. The third-order valence-corrected chi connectivity index (χ3v) is 6.09. The van der Waals surface area contributed by atoms with E-state index in [1.165, 1.54) is 12.3 Å². The molecular weight excluding hydrogens is 459 g/mol. The lowest BCUT2D eigenvalue weighted by Gasteiger charge is -2.12. The topological polar surface area (TPSA) is 76.4 Å². The molecule has 4 aromatic rings. The molecule has 0 radical (unpaired) electrons. The third kappa shape index (κ3) is 4.01. The van der Waals surface area contributed by atoms with Gasteiger partial charge in [-0.1, -0.05) is 24.3 Å². The monoisotopic (exact) mass is 474 g/mol. The van der Waals surface area contributed by atoms with Crippen LogP contribution in [0.15, 0.2) is 70.2 Å². The molecule has 0 aliphatic heterocycles. The molecule has 0 amide bonds. The van der Waals surface area contributed by atoms with Crippen molar-refractivity contribution in [1.82, 2.24) is 14.6 Å². The van der Waals surface area contributed by atoms with Gasteiger partial charge in [0.25, 0.3) is 0 Å². The number of nitrogens with one attached hydrogen (secondary N) is 1. The fourth-order valence-corrected chi connectivity index (χ4v) is 3.89. The van der Waals surface area contributed by atoms with Crippen molar-refractivity contribution in [2.75, 3.05) is 11.6 Å². The van der Waals surface area contributed by atoms with Crippen molar-refractivity contribution in [3.8, 4) is 11.3 Å².